The highest BCUT2D eigenvalue weighted by Crippen LogP contribution is 2.26. The Morgan fingerprint density at radius 1 is 1.27 bits per heavy atom. The number of amides is 1. The van der Waals surface area contributed by atoms with Crippen LogP contribution in [0.25, 0.3) is 0 Å². The Kier molecular flexibility index (Phi) is 11.0. The summed E-state index contributed by atoms with van der Waals surface area (Å²) in [6, 6.07) is 7.51. The van der Waals surface area contributed by atoms with E-state index in [4.69, 9.17) is 15.2 Å². The number of methoxy groups -OCH3 is 1. The number of ether oxygens (including phenoxy) is 2. The molecule has 1 aromatic rings. The molecule has 0 spiro atoms. The lowest BCUT2D eigenvalue weighted by atomic mass is 9.93. The Bertz CT molecular complexity index is 594. The number of para-hydroxylation sites is 2. The molecule has 1 aromatic carbocycles. The molecule has 0 aromatic heterocycles. The maximum absolute atomic E-state index is 11.4. The first kappa shape index (κ1) is 24.3. The third kappa shape index (κ3) is 8.11. The number of carbonyl (C=O) groups is 1. The van der Waals surface area contributed by atoms with Gasteiger partial charge in [0.2, 0.25) is 5.91 Å². The van der Waals surface area contributed by atoms with Crippen molar-refractivity contribution in [3.63, 3.8) is 0 Å². The summed E-state index contributed by atoms with van der Waals surface area (Å²) in [5.41, 5.74) is 4.69. The molecule has 1 rings (SSSR count). The van der Waals surface area contributed by atoms with Crippen molar-refractivity contribution in [1.29, 1.82) is 0 Å². The van der Waals surface area contributed by atoms with Crippen LogP contribution in [-0.4, -0.2) is 44.7 Å². The molecule has 0 saturated heterocycles. The summed E-state index contributed by atoms with van der Waals surface area (Å²) in [6.07, 6.45) is -0.107. The molecule has 4 N–H and O–H groups in total. The average Bonchev–Trinajstić information content (AvgIpc) is 2.57. The highest BCUT2D eigenvalue weighted by Gasteiger charge is 2.24. The summed E-state index contributed by atoms with van der Waals surface area (Å²) in [5.74, 6) is 1.63. The van der Waals surface area contributed by atoms with Crippen LogP contribution in [0.15, 0.2) is 29.3 Å². The van der Waals surface area contributed by atoms with Crippen molar-refractivity contribution >= 4 is 35.8 Å². The lowest BCUT2D eigenvalue weighted by Gasteiger charge is -2.21. The molecule has 0 heterocycles. The highest BCUT2D eigenvalue weighted by atomic mass is 127. The molecule has 0 aliphatic carbocycles. The highest BCUT2D eigenvalue weighted by molar-refractivity contribution is 14.0. The van der Waals surface area contributed by atoms with Crippen molar-refractivity contribution in [2.45, 2.75) is 33.8 Å². The van der Waals surface area contributed by atoms with Gasteiger partial charge in [-0.2, -0.15) is 0 Å². The number of halogens is 1. The lowest BCUT2D eigenvalue weighted by molar-refractivity contribution is -0.125. The largest absolute Gasteiger partial charge is 0.493 e. The van der Waals surface area contributed by atoms with E-state index >= 15 is 0 Å². The summed E-state index contributed by atoms with van der Waals surface area (Å²) >= 11 is 0. The van der Waals surface area contributed by atoms with Gasteiger partial charge in [0.25, 0.3) is 0 Å². The third-order valence-electron chi connectivity index (χ3n) is 3.60. The molecule has 0 saturated carbocycles. The maximum atomic E-state index is 11.4. The molecule has 1 unspecified atom stereocenters. The van der Waals surface area contributed by atoms with E-state index in [0.29, 0.717) is 37.1 Å². The molecular weight excluding hydrogens is 447 g/mol. The van der Waals surface area contributed by atoms with E-state index in [2.05, 4.69) is 15.6 Å². The van der Waals surface area contributed by atoms with Gasteiger partial charge in [-0.25, -0.2) is 0 Å². The van der Waals surface area contributed by atoms with Gasteiger partial charge in [0.05, 0.1) is 25.6 Å². The number of rotatable bonds is 9. The smallest absolute Gasteiger partial charge is 0.224 e. The van der Waals surface area contributed by atoms with Gasteiger partial charge in [0.15, 0.2) is 17.5 Å². The van der Waals surface area contributed by atoms with Crippen LogP contribution in [0.3, 0.4) is 0 Å². The summed E-state index contributed by atoms with van der Waals surface area (Å²) in [6.45, 7) is 9.04. The number of nitrogens with one attached hydrogen (secondary N) is 2. The predicted octanol–water partition coefficient (Wildman–Crippen LogP) is 2.15. The van der Waals surface area contributed by atoms with E-state index in [0.717, 1.165) is 0 Å². The molecule has 0 bridgehead atoms. The van der Waals surface area contributed by atoms with Crippen LogP contribution in [0.5, 0.6) is 11.5 Å². The molecule has 1 atom stereocenters. The zero-order valence-electron chi connectivity index (χ0n) is 16.2. The van der Waals surface area contributed by atoms with Gasteiger partial charge in [-0.05, 0) is 39.8 Å². The fourth-order valence-corrected chi connectivity index (χ4v) is 1.91. The maximum Gasteiger partial charge on any atom is 0.224 e. The molecule has 0 radical (unpaired) electrons. The molecule has 0 fully saturated rings. The van der Waals surface area contributed by atoms with Crippen molar-refractivity contribution in [2.75, 3.05) is 26.7 Å². The number of hydrogen-bond acceptors (Lipinski definition) is 4. The number of nitrogens with two attached hydrogens (primary N) is 1. The van der Waals surface area contributed by atoms with Gasteiger partial charge in [-0.1, -0.05) is 12.1 Å². The van der Waals surface area contributed by atoms with Gasteiger partial charge in [0.1, 0.15) is 6.10 Å². The van der Waals surface area contributed by atoms with Crippen LogP contribution in [0, 0.1) is 5.41 Å². The van der Waals surface area contributed by atoms with Gasteiger partial charge in [-0.15, -0.1) is 24.0 Å². The summed E-state index contributed by atoms with van der Waals surface area (Å²) in [5, 5.41) is 6.35. The minimum Gasteiger partial charge on any atom is -0.493 e. The molecule has 1 amide bonds. The van der Waals surface area contributed by atoms with Crippen molar-refractivity contribution in [1.82, 2.24) is 10.6 Å². The van der Waals surface area contributed by atoms with Gasteiger partial charge < -0.3 is 25.8 Å². The zero-order valence-corrected chi connectivity index (χ0v) is 18.5. The van der Waals surface area contributed by atoms with Crippen LogP contribution in [0.2, 0.25) is 0 Å². The van der Waals surface area contributed by atoms with E-state index < -0.39 is 5.41 Å². The van der Waals surface area contributed by atoms with Gasteiger partial charge in [-0.3, -0.25) is 9.79 Å². The average molecular weight is 478 g/mol. The minimum absolute atomic E-state index is 0. The Labute approximate surface area is 173 Å². The van der Waals surface area contributed by atoms with E-state index in [9.17, 15) is 4.79 Å². The molecule has 7 nitrogen and oxygen atoms in total. The van der Waals surface area contributed by atoms with Crippen LogP contribution in [-0.2, 0) is 4.79 Å². The first-order valence-corrected chi connectivity index (χ1v) is 8.42. The number of benzene rings is 1. The quantitative estimate of drug-likeness (QED) is 0.287. The van der Waals surface area contributed by atoms with Gasteiger partial charge >= 0.3 is 0 Å². The second kappa shape index (κ2) is 11.8. The van der Waals surface area contributed by atoms with Crippen molar-refractivity contribution in [3.05, 3.63) is 24.3 Å². The van der Waals surface area contributed by atoms with E-state index in [1.807, 2.05) is 38.1 Å². The Morgan fingerprint density at radius 2 is 1.88 bits per heavy atom. The fourth-order valence-electron chi connectivity index (χ4n) is 1.91. The predicted molar refractivity (Wildman–Crippen MR) is 115 cm³/mol. The van der Waals surface area contributed by atoms with Crippen molar-refractivity contribution in [2.24, 2.45) is 16.1 Å². The molecular formula is C18H31IN4O3. The minimum atomic E-state index is -0.693. The molecule has 0 aliphatic heterocycles. The standard InChI is InChI=1S/C18H30N4O3.HI/c1-6-20-17(22-12-18(3,4)16(19)23)21-11-13(2)25-15-10-8-7-9-14(15)24-5;/h7-10,13H,6,11-12H2,1-5H3,(H2,19,23)(H2,20,21,22);1H. The summed E-state index contributed by atoms with van der Waals surface area (Å²) in [4.78, 5) is 15.8. The first-order valence-electron chi connectivity index (χ1n) is 8.42. The number of aliphatic imine (C=N–C) groups is 1. The lowest BCUT2D eigenvalue weighted by Crippen LogP contribution is -2.43. The van der Waals surface area contributed by atoms with Crippen LogP contribution < -0.4 is 25.8 Å². The molecule has 148 valence electrons. The normalized spacial score (nSPS) is 12.6. The first-order chi connectivity index (χ1) is 11.8. The number of primary amides is 1. The SMILES string of the molecule is CCNC(=NCC(C)(C)C(N)=O)NCC(C)Oc1ccccc1OC.I. The zero-order chi connectivity index (χ0) is 18.9. The van der Waals surface area contributed by atoms with E-state index in [1.54, 1.807) is 21.0 Å². The van der Waals surface area contributed by atoms with Crippen LogP contribution >= 0.6 is 24.0 Å². The van der Waals surface area contributed by atoms with E-state index in [1.165, 1.54) is 0 Å². The Hall–Kier alpha value is -1.71. The Morgan fingerprint density at radius 3 is 2.42 bits per heavy atom. The topological polar surface area (TPSA) is 98.0 Å². The Balaban J connectivity index is 0.00000625. The van der Waals surface area contributed by atoms with E-state index in [-0.39, 0.29) is 36.0 Å². The third-order valence-corrected chi connectivity index (χ3v) is 3.60. The number of guanidine groups is 1. The van der Waals surface area contributed by atoms with Crippen molar-refractivity contribution < 1.29 is 14.3 Å². The number of hydrogen-bond donors (Lipinski definition) is 3. The number of nitrogens with zero attached hydrogens (tertiary/aromatic N) is 1. The van der Waals surface area contributed by atoms with Crippen molar-refractivity contribution in [3.8, 4) is 11.5 Å². The molecule has 8 heteroatoms. The summed E-state index contributed by atoms with van der Waals surface area (Å²) in [7, 11) is 1.61. The second-order valence-electron chi connectivity index (χ2n) is 6.40. The molecule has 26 heavy (non-hydrogen) atoms. The van der Waals surface area contributed by atoms with Gasteiger partial charge in [0, 0.05) is 6.54 Å². The van der Waals surface area contributed by atoms with Crippen LogP contribution in [0.1, 0.15) is 27.7 Å². The second-order valence-corrected chi connectivity index (χ2v) is 6.40. The molecule has 0 aliphatic rings. The van der Waals surface area contributed by atoms with Crippen LogP contribution in [0.4, 0.5) is 0 Å². The number of carbonyl (C=O) groups excluding carboxylic acids is 1. The monoisotopic (exact) mass is 478 g/mol. The fraction of sp³-hybridized carbons (Fsp3) is 0.556. The summed E-state index contributed by atoms with van der Waals surface area (Å²) < 4.78 is 11.2.